The summed E-state index contributed by atoms with van der Waals surface area (Å²) in [6.45, 7) is 0. The van der Waals surface area contributed by atoms with Gasteiger partial charge in [-0.25, -0.2) is 0 Å². The number of aliphatic carboxylic acids is 1. The van der Waals surface area contributed by atoms with Gasteiger partial charge in [0.2, 0.25) is 0 Å². The average molecular weight is 133 g/mol. The fraction of sp³-hybridized carbons (Fsp3) is 0.500. The lowest BCUT2D eigenvalue weighted by Gasteiger charge is -2.00. The highest BCUT2D eigenvalue weighted by atomic mass is 32.1. The molecule has 3 nitrogen and oxygen atoms in total. The van der Waals surface area contributed by atoms with Gasteiger partial charge in [-0.2, -0.15) is 0 Å². The molecule has 0 heterocycles. The number of hydrogen-bond acceptors (Lipinski definition) is 3. The fourth-order valence-corrected chi connectivity index (χ4v) is 0.502. The summed E-state index contributed by atoms with van der Waals surface area (Å²) in [4.78, 5) is 10.0. The summed E-state index contributed by atoms with van der Waals surface area (Å²) in [6, 6.07) is -0.690. The van der Waals surface area contributed by atoms with Gasteiger partial charge >= 0.3 is 5.97 Å². The molecule has 0 saturated carbocycles. The van der Waals surface area contributed by atoms with E-state index < -0.39 is 12.0 Å². The van der Waals surface area contributed by atoms with Gasteiger partial charge in [-0.05, 0) is 7.05 Å². The molecule has 0 aromatic heterocycles. The summed E-state index contributed by atoms with van der Waals surface area (Å²) in [7, 11) is 1.54. The summed E-state index contributed by atoms with van der Waals surface area (Å²) < 4.78 is 0. The van der Waals surface area contributed by atoms with Gasteiger partial charge in [-0.15, -0.1) is 0 Å². The third-order valence-electron chi connectivity index (χ3n) is 0.713. The van der Waals surface area contributed by atoms with Gasteiger partial charge in [0.25, 0.3) is 0 Å². The van der Waals surface area contributed by atoms with Crippen LogP contribution >= 0.6 is 12.2 Å². The Hall–Kier alpha value is -0.480. The highest BCUT2D eigenvalue weighted by Gasteiger charge is 2.08. The summed E-state index contributed by atoms with van der Waals surface area (Å²) in [5.41, 5.74) is 0. The van der Waals surface area contributed by atoms with Crippen LogP contribution in [0.4, 0.5) is 0 Å². The minimum absolute atomic E-state index is 0.690. The first-order chi connectivity index (χ1) is 3.72. The molecule has 8 heavy (non-hydrogen) atoms. The molecule has 0 amide bonds. The number of carbonyl (C=O) groups is 1. The zero-order chi connectivity index (χ0) is 6.57. The van der Waals surface area contributed by atoms with Crippen molar-refractivity contribution in [2.45, 2.75) is 6.04 Å². The van der Waals surface area contributed by atoms with Crippen molar-refractivity contribution in [3.8, 4) is 0 Å². The van der Waals surface area contributed by atoms with E-state index in [1.165, 1.54) is 5.37 Å². The fourth-order valence-electron chi connectivity index (χ4n) is 0.250. The maximum absolute atomic E-state index is 10.0. The summed E-state index contributed by atoms with van der Waals surface area (Å²) in [6.07, 6.45) is 0. The van der Waals surface area contributed by atoms with Crippen molar-refractivity contribution in [1.82, 2.24) is 5.32 Å². The molecular weight excluding hydrogens is 126 g/mol. The Bertz CT molecular complexity index is 104. The van der Waals surface area contributed by atoms with E-state index >= 15 is 0 Å². The van der Waals surface area contributed by atoms with Crippen LogP contribution < -0.4 is 5.32 Å². The third kappa shape index (κ3) is 1.99. The van der Waals surface area contributed by atoms with E-state index in [0.29, 0.717) is 0 Å². The highest BCUT2D eigenvalue weighted by molar-refractivity contribution is 7.79. The Morgan fingerprint density at radius 3 is 2.50 bits per heavy atom. The van der Waals surface area contributed by atoms with Crippen LogP contribution in [0.5, 0.6) is 0 Å². The van der Waals surface area contributed by atoms with Crippen LogP contribution in [0.1, 0.15) is 0 Å². The van der Waals surface area contributed by atoms with E-state index in [0.717, 1.165) is 0 Å². The minimum atomic E-state index is -0.942. The zero-order valence-electron chi connectivity index (χ0n) is 4.42. The zero-order valence-corrected chi connectivity index (χ0v) is 5.23. The Morgan fingerprint density at radius 1 is 2.00 bits per heavy atom. The van der Waals surface area contributed by atoms with Crippen molar-refractivity contribution in [3.63, 3.8) is 0 Å². The Morgan fingerprint density at radius 2 is 2.50 bits per heavy atom. The number of nitrogens with one attached hydrogen (secondary N) is 1. The average Bonchev–Trinajstić information content (AvgIpc) is 1.69. The van der Waals surface area contributed by atoms with Crippen LogP contribution in [-0.2, 0) is 4.79 Å². The number of rotatable bonds is 3. The molecule has 0 aromatic carbocycles. The Kier molecular flexibility index (Phi) is 3.30. The number of thiocarbonyl (C=S) groups is 1. The molecule has 2 N–H and O–H groups in total. The number of carboxylic acids is 1. The van der Waals surface area contributed by atoms with Crippen LogP contribution in [0.15, 0.2) is 0 Å². The molecule has 0 bridgehead atoms. The second kappa shape index (κ2) is 3.51. The molecule has 0 aliphatic heterocycles. The van der Waals surface area contributed by atoms with E-state index in [1.54, 1.807) is 7.05 Å². The molecule has 0 saturated heterocycles. The maximum Gasteiger partial charge on any atom is 0.325 e. The predicted molar refractivity (Wildman–Crippen MR) is 34.1 cm³/mol. The van der Waals surface area contributed by atoms with E-state index in [1.807, 2.05) is 0 Å². The Balaban J connectivity index is 3.69. The quantitative estimate of drug-likeness (QED) is 0.517. The largest absolute Gasteiger partial charge is 0.480 e. The molecule has 1 unspecified atom stereocenters. The van der Waals surface area contributed by atoms with Crippen molar-refractivity contribution in [2.24, 2.45) is 0 Å². The monoisotopic (exact) mass is 133 g/mol. The van der Waals surface area contributed by atoms with Gasteiger partial charge in [0.1, 0.15) is 6.04 Å². The molecule has 0 aromatic rings. The molecule has 0 aliphatic carbocycles. The van der Waals surface area contributed by atoms with Gasteiger partial charge < -0.3 is 10.4 Å². The smallest absolute Gasteiger partial charge is 0.325 e. The highest BCUT2D eigenvalue weighted by Crippen LogP contribution is 1.75. The van der Waals surface area contributed by atoms with Crippen molar-refractivity contribution < 1.29 is 9.90 Å². The van der Waals surface area contributed by atoms with E-state index in [-0.39, 0.29) is 0 Å². The third-order valence-corrected chi connectivity index (χ3v) is 0.985. The van der Waals surface area contributed by atoms with Gasteiger partial charge in [0.05, 0.1) is 0 Å². The predicted octanol–water partition coefficient (Wildman–Crippen LogP) is -0.341. The van der Waals surface area contributed by atoms with Crippen molar-refractivity contribution >= 4 is 23.6 Å². The molecule has 0 fully saturated rings. The van der Waals surface area contributed by atoms with Crippen LogP contribution in [-0.4, -0.2) is 29.5 Å². The van der Waals surface area contributed by atoms with Crippen LogP contribution in [0.3, 0.4) is 0 Å². The minimum Gasteiger partial charge on any atom is -0.480 e. The van der Waals surface area contributed by atoms with Crippen molar-refractivity contribution in [3.05, 3.63) is 0 Å². The van der Waals surface area contributed by atoms with Gasteiger partial charge in [0.15, 0.2) is 0 Å². The number of hydrogen-bond donors (Lipinski definition) is 2. The molecule has 0 radical (unpaired) electrons. The van der Waals surface area contributed by atoms with Gasteiger partial charge in [-0.3, -0.25) is 4.79 Å². The molecule has 0 spiro atoms. The number of likely N-dealkylation sites (N-methyl/N-ethyl adjacent to an activating group) is 1. The van der Waals surface area contributed by atoms with Gasteiger partial charge in [-0.1, -0.05) is 12.2 Å². The molecular formula is C4H7NO2S. The first kappa shape index (κ1) is 7.52. The van der Waals surface area contributed by atoms with Crippen molar-refractivity contribution in [2.75, 3.05) is 7.05 Å². The van der Waals surface area contributed by atoms with Crippen LogP contribution in [0, 0.1) is 0 Å². The molecule has 46 valence electrons. The van der Waals surface area contributed by atoms with Crippen LogP contribution in [0.25, 0.3) is 0 Å². The topological polar surface area (TPSA) is 49.3 Å². The second-order valence-electron chi connectivity index (χ2n) is 1.24. The summed E-state index contributed by atoms with van der Waals surface area (Å²) in [5, 5.41) is 11.9. The number of carboxylic acid groups (broad SMARTS) is 1. The lowest BCUT2D eigenvalue weighted by atomic mass is 10.4. The molecule has 4 heteroatoms. The SMILES string of the molecule is CNC(C=S)C(=O)O. The normalized spacial score (nSPS) is 12.6. The molecule has 1 atom stereocenters. The second-order valence-corrected chi connectivity index (χ2v) is 1.51. The van der Waals surface area contributed by atoms with E-state index in [9.17, 15) is 4.79 Å². The molecule has 0 rings (SSSR count). The standard InChI is InChI=1S/C4H7NO2S/c1-5-3(2-8)4(6)7/h2-3,5H,1H3,(H,6,7). The first-order valence-corrected chi connectivity index (χ1v) is 2.55. The van der Waals surface area contributed by atoms with Crippen LogP contribution in [0.2, 0.25) is 0 Å². The van der Waals surface area contributed by atoms with Gasteiger partial charge in [0, 0.05) is 5.37 Å². The summed E-state index contributed by atoms with van der Waals surface area (Å²) in [5.74, 6) is -0.942. The van der Waals surface area contributed by atoms with E-state index in [4.69, 9.17) is 5.11 Å². The van der Waals surface area contributed by atoms with E-state index in [2.05, 4.69) is 17.5 Å². The lowest BCUT2D eigenvalue weighted by Crippen LogP contribution is -2.34. The summed E-state index contributed by atoms with van der Waals surface area (Å²) >= 11 is 4.38. The first-order valence-electron chi connectivity index (χ1n) is 2.07. The van der Waals surface area contributed by atoms with Crippen molar-refractivity contribution in [1.29, 1.82) is 0 Å². The maximum atomic E-state index is 10.0. The molecule has 0 aliphatic rings. The Labute approximate surface area is 52.7 Å². The lowest BCUT2D eigenvalue weighted by molar-refractivity contribution is -0.137.